The van der Waals surface area contributed by atoms with Crippen molar-refractivity contribution in [2.45, 2.75) is 89.3 Å². The van der Waals surface area contributed by atoms with Crippen molar-refractivity contribution in [3.63, 3.8) is 0 Å². The number of halogens is 4. The zero-order valence-corrected chi connectivity index (χ0v) is 30.4. The Bertz CT molecular complexity index is 1600. The number of aryl methyl sites for hydroxylation is 1. The fourth-order valence-electron chi connectivity index (χ4n) is 5.59. The third-order valence-corrected chi connectivity index (χ3v) is 10.6. The molecule has 8 nitrogen and oxygen atoms in total. The van der Waals surface area contributed by atoms with E-state index in [1.54, 1.807) is 12.1 Å². The minimum absolute atomic E-state index is 0. The lowest BCUT2D eigenvalue weighted by molar-refractivity contribution is -0.124. The molecule has 0 aromatic heterocycles. The van der Waals surface area contributed by atoms with Crippen LogP contribution in [-0.2, 0) is 34.0 Å². The molecule has 0 saturated carbocycles. The van der Waals surface area contributed by atoms with Crippen molar-refractivity contribution in [3.05, 3.63) is 106 Å². The summed E-state index contributed by atoms with van der Waals surface area (Å²) in [4.78, 5) is 27.1. The summed E-state index contributed by atoms with van der Waals surface area (Å²) in [7, 11) is -3.88. The number of rotatable bonds is 19. The number of aliphatic hydroxyl groups excluding tert-OH is 1. The average molecular weight is 743 g/mol. The van der Waals surface area contributed by atoms with E-state index >= 15 is 0 Å². The Kier molecular flexibility index (Phi) is 17.6. The van der Waals surface area contributed by atoms with Crippen LogP contribution in [0.5, 0.6) is 0 Å². The molecule has 0 aliphatic carbocycles. The number of carbonyl (C=O) groups is 2. The molecule has 0 aliphatic rings. The molecule has 13 heteroatoms. The van der Waals surface area contributed by atoms with Crippen molar-refractivity contribution in [1.29, 1.82) is 0 Å². The summed E-state index contributed by atoms with van der Waals surface area (Å²) in [5, 5.41) is 19.2. The summed E-state index contributed by atoms with van der Waals surface area (Å²) >= 11 is 6.06. The van der Waals surface area contributed by atoms with Gasteiger partial charge in [-0.05, 0) is 72.7 Å². The number of aliphatic hydroxyl groups is 1. The summed E-state index contributed by atoms with van der Waals surface area (Å²) in [6.45, 7) is 6.19. The number of hydrogen-bond acceptors (Lipinski definition) is 6. The Morgan fingerprint density at radius 1 is 0.857 bits per heavy atom. The number of hydrogen-bond donors (Lipinski definition) is 4. The van der Waals surface area contributed by atoms with Crippen LogP contribution in [-0.4, -0.2) is 61.1 Å². The molecule has 0 radical (unpaired) electrons. The van der Waals surface area contributed by atoms with Crippen LogP contribution in [0.1, 0.15) is 73.5 Å². The van der Waals surface area contributed by atoms with Gasteiger partial charge in [0.25, 0.3) is 5.91 Å². The van der Waals surface area contributed by atoms with Crippen LogP contribution in [0.3, 0.4) is 0 Å². The lowest BCUT2D eigenvalue weighted by atomic mass is 10.00. The predicted molar refractivity (Wildman–Crippen MR) is 193 cm³/mol. The van der Waals surface area contributed by atoms with E-state index in [0.29, 0.717) is 32.2 Å². The fraction of sp³-hybridized carbons (Fsp3) is 0.444. The zero-order chi connectivity index (χ0) is 35.3. The maximum Gasteiger partial charge on any atom is 0.252 e. The van der Waals surface area contributed by atoms with E-state index in [2.05, 4.69) is 16.0 Å². The number of benzene rings is 3. The van der Waals surface area contributed by atoms with Gasteiger partial charge in [-0.1, -0.05) is 75.5 Å². The summed E-state index contributed by atoms with van der Waals surface area (Å²) < 4.78 is 55.5. The largest absolute Gasteiger partial charge is 0.390 e. The van der Waals surface area contributed by atoms with Crippen LogP contribution < -0.4 is 16.0 Å². The van der Waals surface area contributed by atoms with E-state index in [1.165, 1.54) is 12.1 Å². The molecule has 3 rings (SSSR count). The van der Waals surface area contributed by atoms with Crippen molar-refractivity contribution < 1.29 is 31.9 Å². The van der Waals surface area contributed by atoms with Crippen LogP contribution in [0, 0.1) is 11.6 Å². The normalized spacial score (nSPS) is 13.3. The van der Waals surface area contributed by atoms with Gasteiger partial charge in [0.15, 0.2) is 9.84 Å². The van der Waals surface area contributed by atoms with Gasteiger partial charge >= 0.3 is 0 Å². The predicted octanol–water partition coefficient (Wildman–Crippen LogP) is 5.96. The molecule has 3 aromatic rings. The smallest absolute Gasteiger partial charge is 0.252 e. The summed E-state index contributed by atoms with van der Waals surface area (Å²) in [6, 6.07) is 14.2. The topological polar surface area (TPSA) is 125 Å². The molecule has 0 spiro atoms. The van der Waals surface area contributed by atoms with Crippen molar-refractivity contribution in [3.8, 4) is 0 Å². The van der Waals surface area contributed by atoms with Gasteiger partial charge in [0.05, 0.1) is 23.1 Å². The van der Waals surface area contributed by atoms with Crippen LogP contribution in [0.2, 0.25) is 5.02 Å². The highest BCUT2D eigenvalue weighted by atomic mass is 35.5. The van der Waals surface area contributed by atoms with Gasteiger partial charge in [0.2, 0.25) is 5.91 Å². The van der Waals surface area contributed by atoms with Gasteiger partial charge in [0.1, 0.15) is 17.7 Å². The molecular formula is C36H47Cl2F2N3O5S. The fourth-order valence-corrected chi connectivity index (χ4v) is 7.94. The Balaban J connectivity index is 0.00000833. The Morgan fingerprint density at radius 2 is 1.49 bits per heavy atom. The molecule has 0 bridgehead atoms. The highest BCUT2D eigenvalue weighted by Gasteiger charge is 2.34. The maximum absolute atomic E-state index is 14.1. The van der Waals surface area contributed by atoms with E-state index in [9.17, 15) is 31.9 Å². The van der Waals surface area contributed by atoms with E-state index in [1.807, 2.05) is 45.0 Å². The van der Waals surface area contributed by atoms with Gasteiger partial charge in [-0.15, -0.1) is 12.4 Å². The van der Waals surface area contributed by atoms with Crippen LogP contribution in [0.4, 0.5) is 8.78 Å². The summed E-state index contributed by atoms with van der Waals surface area (Å²) in [5.41, 5.74) is 2.43. The van der Waals surface area contributed by atoms with Crippen molar-refractivity contribution in [2.75, 3.05) is 12.3 Å². The van der Waals surface area contributed by atoms with Gasteiger partial charge in [-0.3, -0.25) is 9.59 Å². The quantitative estimate of drug-likeness (QED) is 0.120. The van der Waals surface area contributed by atoms with Gasteiger partial charge in [0, 0.05) is 29.7 Å². The van der Waals surface area contributed by atoms with Crippen LogP contribution >= 0.6 is 24.0 Å². The number of amides is 2. The average Bonchev–Trinajstić information content (AvgIpc) is 3.03. The standard InChI is InChI=1S/C36H46ClF2N3O5S.ClH/c1-4-9-31(10-5-2)48(46,47)23-33(42-35(44)27-13-8-14-28(37)19-27)36(45)41-32(18-26-16-29(38)20-30(39)17-26)34(43)22-40-21-25-12-7-11-24(6-3)15-25;/h7-8,11-17,19-20,31-34,40,43H,4-6,9-10,18,21-23H2,1-3H3,(H,41,45)(H,42,44);1H/t32-,33-,34+;/m0./s1. The first-order valence-corrected chi connectivity index (χ1v) is 18.4. The number of carbonyl (C=O) groups excluding carboxylic acids is 2. The summed E-state index contributed by atoms with van der Waals surface area (Å²) in [6.07, 6.45) is 1.44. The molecule has 0 fully saturated rings. The molecule has 4 N–H and O–H groups in total. The molecule has 0 saturated heterocycles. The second-order valence-corrected chi connectivity index (χ2v) is 14.8. The molecule has 0 heterocycles. The lowest BCUT2D eigenvalue weighted by Gasteiger charge is -2.28. The first-order chi connectivity index (χ1) is 22.8. The highest BCUT2D eigenvalue weighted by Crippen LogP contribution is 2.18. The lowest BCUT2D eigenvalue weighted by Crippen LogP contribution is -2.57. The van der Waals surface area contributed by atoms with Crippen molar-refractivity contribution in [1.82, 2.24) is 16.0 Å². The van der Waals surface area contributed by atoms with Crippen molar-refractivity contribution in [2.24, 2.45) is 0 Å². The van der Waals surface area contributed by atoms with Crippen molar-refractivity contribution >= 4 is 45.7 Å². The maximum atomic E-state index is 14.1. The minimum atomic E-state index is -3.88. The Labute approximate surface area is 299 Å². The molecule has 3 atom stereocenters. The van der Waals surface area contributed by atoms with Crippen LogP contribution in [0.15, 0.2) is 66.7 Å². The number of nitrogens with one attached hydrogen (secondary N) is 3. The van der Waals surface area contributed by atoms with E-state index < -0.39 is 62.5 Å². The Hall–Kier alpha value is -3.09. The molecular weight excluding hydrogens is 695 g/mol. The molecule has 49 heavy (non-hydrogen) atoms. The second kappa shape index (κ2) is 20.6. The van der Waals surface area contributed by atoms with Gasteiger partial charge < -0.3 is 21.1 Å². The van der Waals surface area contributed by atoms with E-state index in [-0.39, 0.29) is 41.5 Å². The highest BCUT2D eigenvalue weighted by molar-refractivity contribution is 7.92. The van der Waals surface area contributed by atoms with E-state index in [0.717, 1.165) is 35.7 Å². The first kappa shape index (κ1) is 42.1. The second-order valence-electron chi connectivity index (χ2n) is 12.0. The third kappa shape index (κ3) is 13.6. The third-order valence-electron chi connectivity index (χ3n) is 8.09. The SMILES string of the molecule is CCCC(CCC)S(=O)(=O)C[C@H](NC(=O)c1cccc(Cl)c1)C(=O)N[C@@H](Cc1cc(F)cc(F)c1)[C@H](O)CNCc1cccc(CC)c1.Cl. The van der Waals surface area contributed by atoms with Gasteiger partial charge in [-0.2, -0.15) is 0 Å². The molecule has 0 unspecified atom stereocenters. The molecule has 2 amide bonds. The monoisotopic (exact) mass is 741 g/mol. The zero-order valence-electron chi connectivity index (χ0n) is 28.1. The van der Waals surface area contributed by atoms with E-state index in [4.69, 9.17) is 11.6 Å². The summed E-state index contributed by atoms with van der Waals surface area (Å²) in [5.74, 6) is -3.91. The molecule has 3 aromatic carbocycles. The molecule has 0 aliphatic heterocycles. The molecule has 270 valence electrons. The minimum Gasteiger partial charge on any atom is -0.390 e. The number of sulfone groups is 1. The first-order valence-electron chi connectivity index (χ1n) is 16.3. The van der Waals surface area contributed by atoms with Crippen LogP contribution in [0.25, 0.3) is 0 Å². The Morgan fingerprint density at radius 3 is 2.10 bits per heavy atom. The van der Waals surface area contributed by atoms with Gasteiger partial charge in [-0.25, -0.2) is 17.2 Å².